The molecular formula is C22H21N3O. The van der Waals surface area contributed by atoms with E-state index in [-0.39, 0.29) is 11.5 Å². The van der Waals surface area contributed by atoms with E-state index < -0.39 is 0 Å². The maximum Gasteiger partial charge on any atom is 0.261 e. The zero-order chi connectivity index (χ0) is 18.4. The van der Waals surface area contributed by atoms with Gasteiger partial charge in [0.1, 0.15) is 11.6 Å². The van der Waals surface area contributed by atoms with E-state index in [9.17, 15) is 10.1 Å². The average molecular weight is 343 g/mol. The number of para-hydroxylation sites is 1. The Balaban J connectivity index is 1.74. The Morgan fingerprint density at radius 1 is 1.19 bits per heavy atom. The molecule has 1 amide bonds. The minimum Gasteiger partial charge on any atom is -0.360 e. The minimum absolute atomic E-state index is 0.112. The highest BCUT2D eigenvalue weighted by molar-refractivity contribution is 6.04. The summed E-state index contributed by atoms with van der Waals surface area (Å²) in [5.74, 6) is -0.343. The second-order valence-electron chi connectivity index (χ2n) is 6.10. The molecule has 0 aliphatic rings. The molecule has 4 nitrogen and oxygen atoms in total. The molecule has 0 saturated carbocycles. The summed E-state index contributed by atoms with van der Waals surface area (Å²) in [5, 5.41) is 13.2. The number of nitriles is 1. The zero-order valence-electron chi connectivity index (χ0n) is 14.8. The lowest BCUT2D eigenvalue weighted by molar-refractivity contribution is -0.117. The highest BCUT2D eigenvalue weighted by atomic mass is 16.1. The predicted octanol–water partition coefficient (Wildman–Crippen LogP) is 4.00. The lowest BCUT2D eigenvalue weighted by atomic mass is 10.1. The number of nitrogens with one attached hydrogen (secondary N) is 2. The van der Waals surface area contributed by atoms with Gasteiger partial charge in [0, 0.05) is 29.2 Å². The molecule has 0 spiro atoms. The summed E-state index contributed by atoms with van der Waals surface area (Å²) >= 11 is 0. The van der Waals surface area contributed by atoms with Crippen molar-refractivity contribution in [3.8, 4) is 6.07 Å². The van der Waals surface area contributed by atoms with Gasteiger partial charge in [-0.1, -0.05) is 55.5 Å². The van der Waals surface area contributed by atoms with Crippen molar-refractivity contribution in [1.29, 1.82) is 5.26 Å². The van der Waals surface area contributed by atoms with Crippen molar-refractivity contribution in [2.75, 3.05) is 6.54 Å². The number of carbonyl (C=O) groups excluding carboxylic acids is 1. The molecule has 2 aromatic carbocycles. The monoisotopic (exact) mass is 343 g/mol. The quantitative estimate of drug-likeness (QED) is 0.525. The second kappa shape index (κ2) is 8.17. The van der Waals surface area contributed by atoms with Crippen molar-refractivity contribution < 1.29 is 4.79 Å². The fourth-order valence-corrected chi connectivity index (χ4v) is 3.02. The molecule has 3 aromatic rings. The Labute approximate surface area is 153 Å². The van der Waals surface area contributed by atoms with Crippen LogP contribution in [0.4, 0.5) is 0 Å². The lowest BCUT2D eigenvalue weighted by Crippen LogP contribution is -2.26. The van der Waals surface area contributed by atoms with Crippen LogP contribution in [0.15, 0.2) is 60.3 Å². The van der Waals surface area contributed by atoms with E-state index in [1.165, 1.54) is 5.56 Å². The third-order valence-electron chi connectivity index (χ3n) is 4.42. The SMILES string of the molecule is CCc1cccc2c(/C=C(\C#N)C(=O)NCCc3ccccc3)c[nH]c12. The van der Waals surface area contributed by atoms with Gasteiger partial charge in [0.25, 0.3) is 5.91 Å². The number of benzene rings is 2. The molecule has 0 bridgehead atoms. The molecular weight excluding hydrogens is 322 g/mol. The topological polar surface area (TPSA) is 68.7 Å². The first-order valence-corrected chi connectivity index (χ1v) is 8.75. The Kier molecular flexibility index (Phi) is 5.50. The van der Waals surface area contributed by atoms with E-state index in [4.69, 9.17) is 0 Å². The number of aryl methyl sites for hydroxylation is 1. The van der Waals surface area contributed by atoms with Crippen molar-refractivity contribution in [2.24, 2.45) is 0 Å². The Morgan fingerprint density at radius 2 is 2.00 bits per heavy atom. The summed E-state index contributed by atoms with van der Waals surface area (Å²) in [7, 11) is 0. The third-order valence-corrected chi connectivity index (χ3v) is 4.42. The number of amides is 1. The molecule has 0 saturated heterocycles. The standard InChI is InChI=1S/C22H21N3O/c1-2-17-9-6-10-20-19(15-25-21(17)20)13-18(14-23)22(26)24-12-11-16-7-4-3-5-8-16/h3-10,13,15,25H,2,11-12H2,1H3,(H,24,26)/b18-13+. The fourth-order valence-electron chi connectivity index (χ4n) is 3.02. The number of nitrogens with zero attached hydrogens (tertiary/aromatic N) is 1. The van der Waals surface area contributed by atoms with Crippen LogP contribution in [-0.4, -0.2) is 17.4 Å². The molecule has 1 aromatic heterocycles. The third kappa shape index (κ3) is 3.84. The van der Waals surface area contributed by atoms with Crippen LogP contribution >= 0.6 is 0 Å². The van der Waals surface area contributed by atoms with Gasteiger partial charge in [-0.2, -0.15) is 5.26 Å². The number of hydrogen-bond acceptors (Lipinski definition) is 2. The molecule has 0 atom stereocenters. The molecule has 3 rings (SSSR count). The van der Waals surface area contributed by atoms with E-state index in [1.54, 1.807) is 6.08 Å². The van der Waals surface area contributed by atoms with Gasteiger partial charge < -0.3 is 10.3 Å². The summed E-state index contributed by atoms with van der Waals surface area (Å²) in [6, 6.07) is 18.0. The Hall–Kier alpha value is -3.32. The van der Waals surface area contributed by atoms with E-state index in [2.05, 4.69) is 23.3 Å². The van der Waals surface area contributed by atoms with Crippen LogP contribution in [0, 0.1) is 11.3 Å². The molecule has 0 aliphatic carbocycles. The number of rotatable bonds is 6. The molecule has 0 aliphatic heterocycles. The van der Waals surface area contributed by atoms with Crippen molar-refractivity contribution in [3.05, 3.63) is 77.0 Å². The van der Waals surface area contributed by atoms with Gasteiger partial charge in [0.05, 0.1) is 0 Å². The van der Waals surface area contributed by atoms with Crippen LogP contribution in [0.1, 0.15) is 23.6 Å². The minimum atomic E-state index is -0.343. The average Bonchev–Trinajstić information content (AvgIpc) is 3.09. The first kappa shape index (κ1) is 17.5. The molecule has 0 radical (unpaired) electrons. The maximum absolute atomic E-state index is 12.3. The first-order chi connectivity index (χ1) is 12.7. The van der Waals surface area contributed by atoms with Gasteiger partial charge >= 0.3 is 0 Å². The molecule has 1 heterocycles. The number of hydrogen-bond donors (Lipinski definition) is 2. The van der Waals surface area contributed by atoms with Crippen LogP contribution in [0.3, 0.4) is 0 Å². The second-order valence-corrected chi connectivity index (χ2v) is 6.10. The van der Waals surface area contributed by atoms with Gasteiger partial charge in [-0.05, 0) is 30.0 Å². The van der Waals surface area contributed by atoms with Crippen LogP contribution in [0.5, 0.6) is 0 Å². The van der Waals surface area contributed by atoms with Gasteiger partial charge in [0.2, 0.25) is 0 Å². The molecule has 0 fully saturated rings. The number of carbonyl (C=O) groups is 1. The lowest BCUT2D eigenvalue weighted by Gasteiger charge is -2.04. The van der Waals surface area contributed by atoms with Gasteiger partial charge in [0.15, 0.2) is 0 Å². The molecule has 0 unspecified atom stereocenters. The van der Waals surface area contributed by atoms with Crippen LogP contribution in [-0.2, 0) is 17.6 Å². The fraction of sp³-hybridized carbons (Fsp3) is 0.182. The first-order valence-electron chi connectivity index (χ1n) is 8.75. The van der Waals surface area contributed by atoms with E-state index >= 15 is 0 Å². The van der Waals surface area contributed by atoms with Crippen molar-refractivity contribution in [1.82, 2.24) is 10.3 Å². The molecule has 26 heavy (non-hydrogen) atoms. The normalized spacial score (nSPS) is 11.3. The Morgan fingerprint density at radius 3 is 2.73 bits per heavy atom. The van der Waals surface area contributed by atoms with Crippen LogP contribution < -0.4 is 5.32 Å². The largest absolute Gasteiger partial charge is 0.360 e. The van der Waals surface area contributed by atoms with Gasteiger partial charge in [-0.25, -0.2) is 0 Å². The number of H-pyrrole nitrogens is 1. The van der Waals surface area contributed by atoms with E-state index in [1.807, 2.05) is 54.7 Å². The summed E-state index contributed by atoms with van der Waals surface area (Å²) in [4.78, 5) is 15.6. The zero-order valence-corrected chi connectivity index (χ0v) is 14.8. The van der Waals surface area contributed by atoms with Crippen molar-refractivity contribution in [3.63, 3.8) is 0 Å². The molecule has 4 heteroatoms. The number of aromatic nitrogens is 1. The maximum atomic E-state index is 12.3. The molecule has 2 N–H and O–H groups in total. The summed E-state index contributed by atoms with van der Waals surface area (Å²) < 4.78 is 0. The van der Waals surface area contributed by atoms with Crippen LogP contribution in [0.2, 0.25) is 0 Å². The van der Waals surface area contributed by atoms with E-state index in [0.29, 0.717) is 6.54 Å². The Bertz CT molecular complexity index is 978. The van der Waals surface area contributed by atoms with Crippen molar-refractivity contribution >= 4 is 22.9 Å². The van der Waals surface area contributed by atoms with Gasteiger partial charge in [-0.3, -0.25) is 4.79 Å². The van der Waals surface area contributed by atoms with Gasteiger partial charge in [-0.15, -0.1) is 0 Å². The summed E-state index contributed by atoms with van der Waals surface area (Å²) in [5.41, 5.74) is 4.39. The number of fused-ring (bicyclic) bond motifs is 1. The highest BCUT2D eigenvalue weighted by Crippen LogP contribution is 2.24. The van der Waals surface area contributed by atoms with E-state index in [0.717, 1.165) is 34.9 Å². The van der Waals surface area contributed by atoms with Crippen LogP contribution in [0.25, 0.3) is 17.0 Å². The smallest absolute Gasteiger partial charge is 0.261 e. The van der Waals surface area contributed by atoms with Crippen molar-refractivity contribution in [2.45, 2.75) is 19.8 Å². The summed E-state index contributed by atoms with van der Waals surface area (Å²) in [6.45, 7) is 2.60. The highest BCUT2D eigenvalue weighted by Gasteiger charge is 2.11. The molecule has 130 valence electrons. The predicted molar refractivity (Wildman–Crippen MR) is 104 cm³/mol. The summed E-state index contributed by atoms with van der Waals surface area (Å²) in [6.07, 6.45) is 5.15. The number of aromatic amines is 1.